The molecule has 1 aliphatic heterocycles. The highest BCUT2D eigenvalue weighted by atomic mass is 35.5. The predicted molar refractivity (Wildman–Crippen MR) is 111 cm³/mol. The molecular formula is C22H21Cl2N3. The van der Waals surface area contributed by atoms with Crippen LogP contribution < -0.4 is 0 Å². The van der Waals surface area contributed by atoms with Crippen LogP contribution in [-0.2, 0) is 13.1 Å². The average molecular weight is 398 g/mol. The molecular weight excluding hydrogens is 377 g/mol. The van der Waals surface area contributed by atoms with E-state index >= 15 is 0 Å². The Morgan fingerprint density at radius 2 is 1.15 bits per heavy atom. The lowest BCUT2D eigenvalue weighted by Crippen LogP contribution is -2.30. The lowest BCUT2D eigenvalue weighted by molar-refractivity contribution is 0.126. The fraction of sp³-hybridized carbons (Fsp3) is 0.227. The molecule has 0 amide bonds. The summed E-state index contributed by atoms with van der Waals surface area (Å²) in [4.78, 5) is 9.20. The maximum absolute atomic E-state index is 6.04. The topological polar surface area (TPSA) is 19.4 Å². The van der Waals surface area contributed by atoms with E-state index in [-0.39, 0.29) is 6.17 Å². The van der Waals surface area contributed by atoms with Crippen LogP contribution in [0.3, 0.4) is 0 Å². The molecule has 0 unspecified atom stereocenters. The summed E-state index contributed by atoms with van der Waals surface area (Å²) in [5.74, 6) is 0. The fourth-order valence-corrected chi connectivity index (χ4v) is 3.92. The van der Waals surface area contributed by atoms with E-state index in [4.69, 9.17) is 23.2 Å². The van der Waals surface area contributed by atoms with Gasteiger partial charge in [-0.3, -0.25) is 14.8 Å². The monoisotopic (exact) mass is 397 g/mol. The molecule has 0 atom stereocenters. The van der Waals surface area contributed by atoms with E-state index in [0.717, 1.165) is 36.2 Å². The lowest BCUT2D eigenvalue weighted by atomic mass is 10.1. The Kier molecular flexibility index (Phi) is 5.74. The van der Waals surface area contributed by atoms with Gasteiger partial charge in [-0.25, -0.2) is 0 Å². The van der Waals surface area contributed by atoms with Gasteiger partial charge in [-0.05, 0) is 53.1 Å². The third-order valence-electron chi connectivity index (χ3n) is 4.97. The second-order valence-corrected chi connectivity index (χ2v) is 7.72. The van der Waals surface area contributed by atoms with Crippen LogP contribution in [0, 0.1) is 0 Å². The Bertz CT molecular complexity index is 811. The summed E-state index contributed by atoms with van der Waals surface area (Å²) in [5.41, 5.74) is 3.81. The smallest absolute Gasteiger partial charge is 0.0894 e. The van der Waals surface area contributed by atoms with Crippen molar-refractivity contribution in [2.24, 2.45) is 0 Å². The van der Waals surface area contributed by atoms with Crippen molar-refractivity contribution in [2.45, 2.75) is 19.3 Å². The standard InChI is InChI=1S/C22H21Cl2N3/c23-20-5-1-17(2-6-20)15-26-13-14-27(16-18-3-7-21(24)8-4-18)22(26)19-9-11-25-12-10-19/h1-12,22H,13-16H2. The molecule has 1 fully saturated rings. The highest BCUT2D eigenvalue weighted by Crippen LogP contribution is 2.32. The summed E-state index contributed by atoms with van der Waals surface area (Å²) in [6.07, 6.45) is 3.96. The van der Waals surface area contributed by atoms with Crippen molar-refractivity contribution in [3.63, 3.8) is 0 Å². The fourth-order valence-electron chi connectivity index (χ4n) is 3.67. The molecule has 3 nitrogen and oxygen atoms in total. The van der Waals surface area contributed by atoms with Crippen LogP contribution in [0.4, 0.5) is 0 Å². The zero-order valence-corrected chi connectivity index (χ0v) is 16.4. The van der Waals surface area contributed by atoms with Crippen molar-refractivity contribution in [2.75, 3.05) is 13.1 Å². The summed E-state index contributed by atoms with van der Waals surface area (Å²) < 4.78 is 0. The molecule has 3 aromatic rings. The van der Waals surface area contributed by atoms with Gasteiger partial charge < -0.3 is 0 Å². The SMILES string of the molecule is Clc1ccc(CN2CCN(Cc3ccc(Cl)cc3)C2c2ccncc2)cc1. The second kappa shape index (κ2) is 8.41. The molecule has 1 aromatic heterocycles. The minimum Gasteiger partial charge on any atom is -0.278 e. The molecule has 138 valence electrons. The van der Waals surface area contributed by atoms with Crippen molar-refractivity contribution >= 4 is 23.2 Å². The Morgan fingerprint density at radius 3 is 1.59 bits per heavy atom. The molecule has 0 bridgehead atoms. The van der Waals surface area contributed by atoms with E-state index in [0.29, 0.717) is 0 Å². The van der Waals surface area contributed by atoms with Crippen molar-refractivity contribution in [1.29, 1.82) is 0 Å². The van der Waals surface area contributed by atoms with Gasteiger partial charge in [0.25, 0.3) is 0 Å². The second-order valence-electron chi connectivity index (χ2n) is 6.85. The van der Waals surface area contributed by atoms with Crippen molar-refractivity contribution in [3.8, 4) is 0 Å². The van der Waals surface area contributed by atoms with E-state index in [1.807, 2.05) is 36.7 Å². The molecule has 0 spiro atoms. The van der Waals surface area contributed by atoms with Gasteiger partial charge in [-0.2, -0.15) is 0 Å². The van der Waals surface area contributed by atoms with Crippen LogP contribution in [0.2, 0.25) is 10.0 Å². The largest absolute Gasteiger partial charge is 0.278 e. The first-order chi connectivity index (χ1) is 13.2. The number of rotatable bonds is 5. The van der Waals surface area contributed by atoms with Gasteiger partial charge in [0.1, 0.15) is 0 Å². The first kappa shape index (κ1) is 18.5. The Labute approximate surface area is 170 Å². The van der Waals surface area contributed by atoms with Gasteiger partial charge in [0.15, 0.2) is 0 Å². The van der Waals surface area contributed by atoms with E-state index in [2.05, 4.69) is 51.2 Å². The quantitative estimate of drug-likeness (QED) is 0.573. The van der Waals surface area contributed by atoms with Crippen molar-refractivity contribution in [1.82, 2.24) is 14.8 Å². The zero-order chi connectivity index (χ0) is 18.6. The molecule has 1 aliphatic rings. The molecule has 1 saturated heterocycles. The van der Waals surface area contributed by atoms with Crippen molar-refractivity contribution in [3.05, 3.63) is 99.8 Å². The van der Waals surface area contributed by atoms with Crippen LogP contribution in [0.5, 0.6) is 0 Å². The van der Waals surface area contributed by atoms with Gasteiger partial charge >= 0.3 is 0 Å². The molecule has 4 rings (SSSR count). The van der Waals surface area contributed by atoms with E-state index in [1.54, 1.807) is 0 Å². The van der Waals surface area contributed by atoms with E-state index in [9.17, 15) is 0 Å². The minimum absolute atomic E-state index is 0.222. The Balaban J connectivity index is 1.57. The lowest BCUT2D eigenvalue weighted by Gasteiger charge is -2.31. The molecule has 27 heavy (non-hydrogen) atoms. The summed E-state index contributed by atoms with van der Waals surface area (Å²) >= 11 is 12.1. The normalized spacial score (nSPS) is 16.1. The molecule has 2 aromatic carbocycles. The Morgan fingerprint density at radius 1 is 0.704 bits per heavy atom. The highest BCUT2D eigenvalue weighted by Gasteiger charge is 2.33. The third kappa shape index (κ3) is 4.50. The van der Waals surface area contributed by atoms with E-state index in [1.165, 1.54) is 16.7 Å². The number of benzene rings is 2. The highest BCUT2D eigenvalue weighted by molar-refractivity contribution is 6.30. The number of hydrogen-bond donors (Lipinski definition) is 0. The van der Waals surface area contributed by atoms with Gasteiger partial charge in [0.2, 0.25) is 0 Å². The third-order valence-corrected chi connectivity index (χ3v) is 5.47. The van der Waals surface area contributed by atoms with Gasteiger partial charge in [-0.15, -0.1) is 0 Å². The first-order valence-electron chi connectivity index (χ1n) is 9.06. The van der Waals surface area contributed by atoms with Crippen LogP contribution in [0.25, 0.3) is 0 Å². The molecule has 0 radical (unpaired) electrons. The molecule has 0 N–H and O–H groups in total. The molecule has 0 aliphatic carbocycles. The van der Waals surface area contributed by atoms with Crippen LogP contribution in [0.15, 0.2) is 73.1 Å². The minimum atomic E-state index is 0.222. The average Bonchev–Trinajstić information content (AvgIpc) is 3.08. The first-order valence-corrected chi connectivity index (χ1v) is 9.81. The number of aromatic nitrogens is 1. The molecule has 0 saturated carbocycles. The summed E-state index contributed by atoms with van der Waals surface area (Å²) in [6.45, 7) is 3.81. The summed E-state index contributed by atoms with van der Waals surface area (Å²) in [7, 11) is 0. The van der Waals surface area contributed by atoms with Crippen LogP contribution in [-0.4, -0.2) is 27.9 Å². The van der Waals surface area contributed by atoms with E-state index < -0.39 is 0 Å². The molecule has 2 heterocycles. The van der Waals surface area contributed by atoms with Gasteiger partial charge in [0.05, 0.1) is 6.17 Å². The predicted octanol–water partition coefficient (Wildman–Crippen LogP) is 5.41. The van der Waals surface area contributed by atoms with Crippen molar-refractivity contribution < 1.29 is 0 Å². The maximum atomic E-state index is 6.04. The zero-order valence-electron chi connectivity index (χ0n) is 14.9. The number of hydrogen-bond acceptors (Lipinski definition) is 3. The Hall–Kier alpha value is -1.91. The van der Waals surface area contributed by atoms with Gasteiger partial charge in [-0.1, -0.05) is 47.5 Å². The summed E-state index contributed by atoms with van der Waals surface area (Å²) in [6, 6.07) is 20.5. The number of pyridine rings is 1. The number of nitrogens with zero attached hydrogens (tertiary/aromatic N) is 3. The van der Waals surface area contributed by atoms with Crippen LogP contribution >= 0.6 is 23.2 Å². The van der Waals surface area contributed by atoms with Gasteiger partial charge in [0, 0.05) is 48.6 Å². The molecule has 5 heteroatoms. The van der Waals surface area contributed by atoms with Crippen LogP contribution in [0.1, 0.15) is 22.9 Å². The maximum Gasteiger partial charge on any atom is 0.0894 e. The summed E-state index contributed by atoms with van der Waals surface area (Å²) in [5, 5.41) is 1.55. The number of halogens is 2.